The van der Waals surface area contributed by atoms with Crippen LogP contribution < -0.4 is 5.73 Å². The summed E-state index contributed by atoms with van der Waals surface area (Å²) in [5.41, 5.74) is 4.61. The van der Waals surface area contributed by atoms with E-state index in [2.05, 4.69) is 5.73 Å². The van der Waals surface area contributed by atoms with E-state index >= 15 is 0 Å². The summed E-state index contributed by atoms with van der Waals surface area (Å²) in [7, 11) is 0. The second-order valence-corrected chi connectivity index (χ2v) is 2.39. The average molecular weight is 191 g/mol. The van der Waals surface area contributed by atoms with Crippen molar-refractivity contribution in [3.05, 3.63) is 0 Å². The standard InChI is InChI=1S/C6H9NO6/c7-5(11)4(10)2(6(12)13)1-3(8)9/h2,4,10H,1H2,(H2,7,11)(H,8,9)(H,12,13). The van der Waals surface area contributed by atoms with Crippen molar-refractivity contribution >= 4 is 17.8 Å². The number of aliphatic carboxylic acids is 2. The first-order valence-electron chi connectivity index (χ1n) is 3.28. The van der Waals surface area contributed by atoms with E-state index in [0.29, 0.717) is 0 Å². The van der Waals surface area contributed by atoms with Gasteiger partial charge in [-0.1, -0.05) is 0 Å². The molecule has 0 aromatic rings. The largest absolute Gasteiger partial charge is 0.481 e. The molecule has 0 heterocycles. The van der Waals surface area contributed by atoms with Gasteiger partial charge in [0.2, 0.25) is 5.91 Å². The molecule has 0 bridgehead atoms. The van der Waals surface area contributed by atoms with Crippen LogP contribution in [0.25, 0.3) is 0 Å². The van der Waals surface area contributed by atoms with Crippen molar-refractivity contribution in [1.82, 2.24) is 0 Å². The Labute approximate surface area is 72.8 Å². The fourth-order valence-corrected chi connectivity index (χ4v) is 0.720. The third-order valence-electron chi connectivity index (χ3n) is 1.38. The molecule has 1 amide bonds. The molecule has 7 nitrogen and oxygen atoms in total. The zero-order valence-corrected chi connectivity index (χ0v) is 6.51. The second kappa shape index (κ2) is 4.41. The van der Waals surface area contributed by atoms with Gasteiger partial charge in [0.15, 0.2) is 0 Å². The minimum absolute atomic E-state index is 0.848. The van der Waals surface area contributed by atoms with Gasteiger partial charge in [-0.15, -0.1) is 0 Å². The van der Waals surface area contributed by atoms with Crippen molar-refractivity contribution in [2.75, 3.05) is 0 Å². The van der Waals surface area contributed by atoms with Crippen LogP contribution in [0.3, 0.4) is 0 Å². The van der Waals surface area contributed by atoms with Crippen molar-refractivity contribution in [1.29, 1.82) is 0 Å². The number of nitrogens with two attached hydrogens (primary N) is 1. The molecule has 0 aliphatic rings. The van der Waals surface area contributed by atoms with Gasteiger partial charge in [-0.05, 0) is 0 Å². The summed E-state index contributed by atoms with van der Waals surface area (Å²) in [6, 6.07) is 0. The number of hydrogen-bond donors (Lipinski definition) is 4. The molecule has 2 unspecified atom stereocenters. The quantitative estimate of drug-likeness (QED) is 0.396. The summed E-state index contributed by atoms with van der Waals surface area (Å²) in [5, 5.41) is 25.5. The molecule has 0 fully saturated rings. The maximum Gasteiger partial charge on any atom is 0.310 e. The fraction of sp³-hybridized carbons (Fsp3) is 0.500. The third kappa shape index (κ3) is 3.52. The van der Waals surface area contributed by atoms with Crippen LogP contribution >= 0.6 is 0 Å². The number of aliphatic hydroxyl groups is 1. The summed E-state index contributed by atoms with van der Waals surface area (Å²) in [6.07, 6.45) is -2.83. The Kier molecular flexibility index (Phi) is 3.86. The summed E-state index contributed by atoms with van der Waals surface area (Å²) in [6.45, 7) is 0. The van der Waals surface area contributed by atoms with E-state index in [0.717, 1.165) is 0 Å². The number of amides is 1. The maximum absolute atomic E-state index is 10.3. The number of carbonyl (C=O) groups excluding carboxylic acids is 1. The monoisotopic (exact) mass is 191 g/mol. The van der Waals surface area contributed by atoms with E-state index in [4.69, 9.17) is 15.3 Å². The lowest BCUT2D eigenvalue weighted by Gasteiger charge is -2.13. The predicted molar refractivity (Wildman–Crippen MR) is 38.6 cm³/mol. The summed E-state index contributed by atoms with van der Waals surface area (Å²) < 4.78 is 0. The lowest BCUT2D eigenvalue weighted by molar-refractivity contribution is -0.155. The van der Waals surface area contributed by atoms with Crippen LogP contribution in [0, 0.1) is 5.92 Å². The predicted octanol–water partition coefficient (Wildman–Crippen LogP) is -1.99. The third-order valence-corrected chi connectivity index (χ3v) is 1.38. The maximum atomic E-state index is 10.3. The normalized spacial score (nSPS) is 14.5. The Bertz CT molecular complexity index is 237. The van der Waals surface area contributed by atoms with Gasteiger partial charge in [0.1, 0.15) is 12.0 Å². The van der Waals surface area contributed by atoms with E-state index in [-0.39, 0.29) is 0 Å². The molecule has 0 aliphatic heterocycles. The highest BCUT2D eigenvalue weighted by Gasteiger charge is 2.32. The van der Waals surface area contributed by atoms with Crippen molar-refractivity contribution in [2.24, 2.45) is 11.7 Å². The number of rotatable bonds is 5. The van der Waals surface area contributed by atoms with Gasteiger partial charge >= 0.3 is 11.9 Å². The molecule has 2 atom stereocenters. The van der Waals surface area contributed by atoms with Crippen molar-refractivity contribution in [2.45, 2.75) is 12.5 Å². The van der Waals surface area contributed by atoms with Gasteiger partial charge in [-0.2, -0.15) is 0 Å². The summed E-state index contributed by atoms with van der Waals surface area (Å²) >= 11 is 0. The minimum atomic E-state index is -1.98. The summed E-state index contributed by atoms with van der Waals surface area (Å²) in [4.78, 5) is 30.8. The molecular weight excluding hydrogens is 182 g/mol. The van der Waals surface area contributed by atoms with Crippen LogP contribution in [-0.4, -0.2) is 39.3 Å². The van der Waals surface area contributed by atoms with Crippen LogP contribution in [0.4, 0.5) is 0 Å². The van der Waals surface area contributed by atoms with Crippen LogP contribution in [0.1, 0.15) is 6.42 Å². The summed E-state index contributed by atoms with van der Waals surface area (Å²) in [5.74, 6) is -5.95. The highest BCUT2D eigenvalue weighted by molar-refractivity contribution is 5.87. The number of carbonyl (C=O) groups is 3. The first kappa shape index (κ1) is 11.4. The van der Waals surface area contributed by atoms with E-state index < -0.39 is 36.3 Å². The van der Waals surface area contributed by atoms with E-state index in [9.17, 15) is 14.4 Å². The highest BCUT2D eigenvalue weighted by Crippen LogP contribution is 2.09. The Morgan fingerprint density at radius 2 is 1.69 bits per heavy atom. The van der Waals surface area contributed by atoms with Crippen LogP contribution in [-0.2, 0) is 14.4 Å². The van der Waals surface area contributed by atoms with Gasteiger partial charge in [-0.3, -0.25) is 14.4 Å². The minimum Gasteiger partial charge on any atom is -0.481 e. The fourth-order valence-electron chi connectivity index (χ4n) is 0.720. The first-order chi connectivity index (χ1) is 5.86. The van der Waals surface area contributed by atoms with E-state index in [1.165, 1.54) is 0 Å². The van der Waals surface area contributed by atoms with Gasteiger partial charge in [-0.25, -0.2) is 0 Å². The molecule has 0 spiro atoms. The Hall–Kier alpha value is -1.63. The molecule has 13 heavy (non-hydrogen) atoms. The van der Waals surface area contributed by atoms with Crippen molar-refractivity contribution in [3.63, 3.8) is 0 Å². The van der Waals surface area contributed by atoms with E-state index in [1.54, 1.807) is 0 Å². The van der Waals surface area contributed by atoms with Crippen molar-refractivity contribution in [3.8, 4) is 0 Å². The molecule has 0 rings (SSSR count). The molecule has 74 valence electrons. The number of primary amides is 1. The van der Waals surface area contributed by atoms with Crippen LogP contribution in [0.5, 0.6) is 0 Å². The number of carboxylic acid groups (broad SMARTS) is 2. The number of carboxylic acids is 2. The van der Waals surface area contributed by atoms with Crippen molar-refractivity contribution < 1.29 is 29.7 Å². The van der Waals surface area contributed by atoms with Gasteiger partial charge < -0.3 is 21.1 Å². The highest BCUT2D eigenvalue weighted by atomic mass is 16.4. The molecule has 0 saturated carbocycles. The molecule has 0 aliphatic carbocycles. The zero-order chi connectivity index (χ0) is 10.6. The molecule has 0 aromatic carbocycles. The second-order valence-electron chi connectivity index (χ2n) is 2.39. The zero-order valence-electron chi connectivity index (χ0n) is 6.51. The van der Waals surface area contributed by atoms with Crippen LogP contribution in [0.2, 0.25) is 0 Å². The molecule has 5 N–H and O–H groups in total. The van der Waals surface area contributed by atoms with Gasteiger partial charge in [0.05, 0.1) is 6.42 Å². The topological polar surface area (TPSA) is 138 Å². The molecule has 0 aromatic heterocycles. The first-order valence-corrected chi connectivity index (χ1v) is 3.28. The average Bonchev–Trinajstić information content (AvgIpc) is 1.97. The lowest BCUT2D eigenvalue weighted by atomic mass is 9.98. The smallest absolute Gasteiger partial charge is 0.310 e. The molecule has 7 heteroatoms. The van der Waals surface area contributed by atoms with Gasteiger partial charge in [0.25, 0.3) is 0 Å². The van der Waals surface area contributed by atoms with Crippen LogP contribution in [0.15, 0.2) is 0 Å². The van der Waals surface area contributed by atoms with E-state index in [1.807, 2.05) is 0 Å². The Morgan fingerprint density at radius 3 is 1.92 bits per heavy atom. The SMILES string of the molecule is NC(=O)C(O)C(CC(=O)O)C(=O)O. The number of aliphatic hydroxyl groups excluding tert-OH is 1. The Morgan fingerprint density at radius 1 is 1.23 bits per heavy atom. The molecule has 0 saturated heterocycles. The Balaban J connectivity index is 4.51. The number of hydrogen-bond acceptors (Lipinski definition) is 4. The molecule has 0 radical (unpaired) electrons. The van der Waals surface area contributed by atoms with Gasteiger partial charge in [0, 0.05) is 0 Å². The molecular formula is C6H9NO6. The lowest BCUT2D eigenvalue weighted by Crippen LogP contribution is -2.40.